The summed E-state index contributed by atoms with van der Waals surface area (Å²) >= 11 is 0. The maximum atomic E-state index is 12.5. The number of ether oxygens (including phenoxy) is 2. The minimum Gasteiger partial charge on any atom is -0.371 e. The molecule has 6 nitrogen and oxygen atoms in total. The molecule has 3 aromatic carbocycles. The number of hydrogen-bond acceptors (Lipinski definition) is 4. The Bertz CT molecular complexity index is 1100. The van der Waals surface area contributed by atoms with Gasteiger partial charge in [0.25, 0.3) is 11.8 Å². The molecule has 6 heteroatoms. The summed E-state index contributed by atoms with van der Waals surface area (Å²) < 4.78 is 11.7. The average molecular weight is 457 g/mol. The Morgan fingerprint density at radius 3 is 1.62 bits per heavy atom. The number of carbonyl (C=O) groups excluding carboxylic acids is 2. The van der Waals surface area contributed by atoms with Crippen molar-refractivity contribution in [1.82, 2.24) is 10.6 Å². The summed E-state index contributed by atoms with van der Waals surface area (Å²) in [5.41, 5.74) is 6.01. The van der Waals surface area contributed by atoms with E-state index in [1.54, 1.807) is 24.3 Å². The smallest absolute Gasteiger partial charge is 0.251 e. The molecule has 0 radical (unpaired) electrons. The van der Waals surface area contributed by atoms with Crippen LogP contribution in [0.1, 0.15) is 55.2 Å². The van der Waals surface area contributed by atoms with Gasteiger partial charge in [0.15, 0.2) is 0 Å². The first kappa shape index (κ1) is 22.3. The highest BCUT2D eigenvalue weighted by molar-refractivity contribution is 5.99. The Kier molecular flexibility index (Phi) is 6.70. The van der Waals surface area contributed by atoms with Crippen LogP contribution >= 0.6 is 0 Å². The Morgan fingerprint density at radius 1 is 0.676 bits per heavy atom. The van der Waals surface area contributed by atoms with Crippen molar-refractivity contribution >= 4 is 11.8 Å². The lowest BCUT2D eigenvalue weighted by Gasteiger charge is -2.30. The number of benzene rings is 3. The molecule has 0 saturated carbocycles. The highest BCUT2D eigenvalue weighted by Crippen LogP contribution is 2.36. The SMILES string of the molecule is O=C(NCCOC1Cc2ccccc21)c1cccc(C(=O)NCCOC2Cc3ccccc32)c1. The zero-order valence-electron chi connectivity index (χ0n) is 19.0. The van der Waals surface area contributed by atoms with Crippen molar-refractivity contribution in [3.63, 3.8) is 0 Å². The summed E-state index contributed by atoms with van der Waals surface area (Å²) in [5, 5.41) is 5.73. The molecule has 2 N–H and O–H groups in total. The highest BCUT2D eigenvalue weighted by Gasteiger charge is 2.26. The molecule has 0 aromatic heterocycles. The van der Waals surface area contributed by atoms with Gasteiger partial charge in [-0.25, -0.2) is 0 Å². The quantitative estimate of drug-likeness (QED) is 0.456. The van der Waals surface area contributed by atoms with Crippen LogP contribution in [0.3, 0.4) is 0 Å². The minimum atomic E-state index is -0.223. The number of hydrogen-bond donors (Lipinski definition) is 2. The second-order valence-corrected chi connectivity index (χ2v) is 8.62. The van der Waals surface area contributed by atoms with Crippen LogP contribution in [0.25, 0.3) is 0 Å². The van der Waals surface area contributed by atoms with Crippen molar-refractivity contribution in [3.8, 4) is 0 Å². The Hall–Kier alpha value is -3.48. The molecule has 2 unspecified atom stereocenters. The zero-order chi connectivity index (χ0) is 23.3. The molecule has 0 heterocycles. The third-order valence-electron chi connectivity index (χ3n) is 6.41. The topological polar surface area (TPSA) is 76.7 Å². The second kappa shape index (κ2) is 10.2. The molecule has 34 heavy (non-hydrogen) atoms. The van der Waals surface area contributed by atoms with Gasteiger partial charge in [-0.15, -0.1) is 0 Å². The van der Waals surface area contributed by atoms with E-state index in [0.29, 0.717) is 37.4 Å². The molecular weight excluding hydrogens is 428 g/mol. The summed E-state index contributed by atoms with van der Waals surface area (Å²) in [7, 11) is 0. The minimum absolute atomic E-state index is 0.114. The lowest BCUT2D eigenvalue weighted by atomic mass is 9.85. The predicted molar refractivity (Wildman–Crippen MR) is 129 cm³/mol. The predicted octanol–water partition coefficient (Wildman–Crippen LogP) is 3.77. The average Bonchev–Trinajstić information content (AvgIpc) is 2.84. The van der Waals surface area contributed by atoms with Crippen LogP contribution in [-0.2, 0) is 22.3 Å². The van der Waals surface area contributed by atoms with Crippen molar-refractivity contribution in [2.24, 2.45) is 0 Å². The lowest BCUT2D eigenvalue weighted by molar-refractivity contribution is 0.0382. The summed E-state index contributed by atoms with van der Waals surface area (Å²) in [6.07, 6.45) is 2.06. The first-order chi connectivity index (χ1) is 16.7. The van der Waals surface area contributed by atoms with E-state index in [9.17, 15) is 9.59 Å². The lowest BCUT2D eigenvalue weighted by Crippen LogP contribution is -2.31. The van der Waals surface area contributed by atoms with Gasteiger partial charge in [0, 0.05) is 37.1 Å². The van der Waals surface area contributed by atoms with Gasteiger partial charge in [-0.1, -0.05) is 54.6 Å². The van der Waals surface area contributed by atoms with E-state index in [-0.39, 0.29) is 24.0 Å². The fraction of sp³-hybridized carbons (Fsp3) is 0.286. The third-order valence-corrected chi connectivity index (χ3v) is 6.41. The largest absolute Gasteiger partial charge is 0.371 e. The molecule has 0 spiro atoms. The highest BCUT2D eigenvalue weighted by atomic mass is 16.5. The number of amides is 2. The maximum Gasteiger partial charge on any atom is 0.251 e. The number of rotatable bonds is 10. The molecule has 174 valence electrons. The van der Waals surface area contributed by atoms with Crippen molar-refractivity contribution < 1.29 is 19.1 Å². The van der Waals surface area contributed by atoms with Crippen molar-refractivity contribution in [1.29, 1.82) is 0 Å². The van der Waals surface area contributed by atoms with Gasteiger partial charge in [-0.3, -0.25) is 9.59 Å². The number of fused-ring (bicyclic) bond motifs is 2. The normalized spacial score (nSPS) is 17.5. The van der Waals surface area contributed by atoms with Gasteiger partial charge in [0.2, 0.25) is 0 Å². The van der Waals surface area contributed by atoms with Crippen LogP contribution < -0.4 is 10.6 Å². The molecule has 0 bridgehead atoms. The van der Waals surface area contributed by atoms with Crippen LogP contribution in [0, 0.1) is 0 Å². The Labute approximate surface area is 199 Å². The molecule has 3 aromatic rings. The van der Waals surface area contributed by atoms with Gasteiger partial charge in [-0.05, 0) is 40.5 Å². The van der Waals surface area contributed by atoms with Gasteiger partial charge < -0.3 is 20.1 Å². The molecule has 2 amide bonds. The van der Waals surface area contributed by atoms with Crippen LogP contribution in [0.4, 0.5) is 0 Å². The number of carbonyl (C=O) groups is 2. The second-order valence-electron chi connectivity index (χ2n) is 8.62. The first-order valence-corrected chi connectivity index (χ1v) is 11.7. The standard InChI is InChI=1S/C28H28N2O4/c31-27(29-12-14-33-25-17-19-6-1-3-10-23(19)25)21-8-5-9-22(16-21)28(32)30-13-15-34-26-18-20-7-2-4-11-24(20)26/h1-11,16,25-26H,12-15,17-18H2,(H,29,31)(H,30,32). The summed E-state index contributed by atoms with van der Waals surface area (Å²) in [6.45, 7) is 1.71. The number of nitrogens with one attached hydrogen (secondary N) is 2. The first-order valence-electron chi connectivity index (χ1n) is 11.7. The van der Waals surface area contributed by atoms with Gasteiger partial charge in [0.1, 0.15) is 0 Å². The summed E-state index contributed by atoms with van der Waals surface area (Å²) in [4.78, 5) is 25.0. The van der Waals surface area contributed by atoms with Crippen LogP contribution in [0.5, 0.6) is 0 Å². The van der Waals surface area contributed by atoms with E-state index in [0.717, 1.165) is 12.8 Å². The van der Waals surface area contributed by atoms with E-state index in [4.69, 9.17) is 9.47 Å². The van der Waals surface area contributed by atoms with Crippen LogP contribution in [-0.4, -0.2) is 38.1 Å². The molecular formula is C28H28N2O4. The molecule has 2 aliphatic rings. The zero-order valence-corrected chi connectivity index (χ0v) is 19.0. The van der Waals surface area contributed by atoms with Crippen LogP contribution in [0.2, 0.25) is 0 Å². The monoisotopic (exact) mass is 456 g/mol. The van der Waals surface area contributed by atoms with E-state index in [1.807, 2.05) is 24.3 Å². The van der Waals surface area contributed by atoms with E-state index in [2.05, 4.69) is 34.9 Å². The van der Waals surface area contributed by atoms with E-state index < -0.39 is 0 Å². The summed E-state index contributed by atoms with van der Waals surface area (Å²) in [6, 6.07) is 23.2. The van der Waals surface area contributed by atoms with E-state index >= 15 is 0 Å². The molecule has 5 rings (SSSR count). The van der Waals surface area contributed by atoms with E-state index in [1.165, 1.54) is 22.3 Å². The fourth-order valence-corrected chi connectivity index (χ4v) is 4.46. The molecule has 2 aliphatic carbocycles. The van der Waals surface area contributed by atoms with Crippen molar-refractivity contribution in [2.75, 3.05) is 26.3 Å². The van der Waals surface area contributed by atoms with Crippen molar-refractivity contribution in [3.05, 3.63) is 106 Å². The fourth-order valence-electron chi connectivity index (χ4n) is 4.46. The molecule has 0 aliphatic heterocycles. The van der Waals surface area contributed by atoms with Crippen LogP contribution in [0.15, 0.2) is 72.8 Å². The molecule has 0 saturated heterocycles. The Balaban J connectivity index is 1.02. The van der Waals surface area contributed by atoms with Gasteiger partial charge >= 0.3 is 0 Å². The van der Waals surface area contributed by atoms with Gasteiger partial charge in [0.05, 0.1) is 25.4 Å². The molecule has 0 fully saturated rings. The molecule has 2 atom stereocenters. The third kappa shape index (κ3) is 4.88. The maximum absolute atomic E-state index is 12.5. The van der Waals surface area contributed by atoms with Crippen molar-refractivity contribution in [2.45, 2.75) is 25.0 Å². The Morgan fingerprint density at radius 2 is 1.15 bits per heavy atom. The summed E-state index contributed by atoms with van der Waals surface area (Å²) in [5.74, 6) is -0.446. The van der Waals surface area contributed by atoms with Gasteiger partial charge in [-0.2, -0.15) is 0 Å².